The summed E-state index contributed by atoms with van der Waals surface area (Å²) < 4.78 is 2.60. The van der Waals surface area contributed by atoms with Crippen LogP contribution in [0.4, 0.5) is 0 Å². The molecule has 3 nitrogen and oxygen atoms in total. The maximum absolute atomic E-state index is 6.20. The van der Waals surface area contributed by atoms with Gasteiger partial charge in [-0.2, -0.15) is 0 Å². The number of nitrogens with zero attached hydrogens (tertiary/aromatic N) is 3. The highest BCUT2D eigenvalue weighted by Crippen LogP contribution is 2.30. The quantitative estimate of drug-likeness (QED) is 0.744. The number of hydrogen-bond donors (Lipinski definition) is 0. The molecule has 2 rings (SSSR count). The number of hydrogen-bond acceptors (Lipinski definition) is 2. The van der Waals surface area contributed by atoms with Crippen LogP contribution < -0.4 is 0 Å². The van der Waals surface area contributed by atoms with E-state index in [-0.39, 0.29) is 5.38 Å². The van der Waals surface area contributed by atoms with Crippen LogP contribution in [0.3, 0.4) is 0 Å². The Kier molecular flexibility index (Phi) is 3.46. The van der Waals surface area contributed by atoms with Crippen molar-refractivity contribution in [3.8, 4) is 0 Å². The molecule has 1 aliphatic carbocycles. The normalized spacial score (nSPS) is 22.3. The van der Waals surface area contributed by atoms with Gasteiger partial charge in [-0.15, -0.1) is 16.7 Å². The first kappa shape index (κ1) is 11.1. The first-order valence-electron chi connectivity index (χ1n) is 5.09. The maximum Gasteiger partial charge on any atom is 0.155 e. The summed E-state index contributed by atoms with van der Waals surface area (Å²) in [4.78, 5) is 0. The summed E-state index contributed by atoms with van der Waals surface area (Å²) in [6.07, 6.45) is 6.64. The molecule has 1 unspecified atom stereocenters. The van der Waals surface area contributed by atoms with E-state index in [2.05, 4.69) is 32.3 Å². The lowest BCUT2D eigenvalue weighted by molar-refractivity contribution is 0.698. The van der Waals surface area contributed by atoms with Gasteiger partial charge in [-0.3, -0.25) is 0 Å². The summed E-state index contributed by atoms with van der Waals surface area (Å²) in [5.74, 6) is 0. The first-order valence-corrected chi connectivity index (χ1v) is 6.31. The highest BCUT2D eigenvalue weighted by atomic mass is 79.9. The minimum Gasteiger partial charge on any atom is -0.247 e. The van der Waals surface area contributed by atoms with Crippen LogP contribution in [0.2, 0.25) is 0 Å². The molecule has 0 spiro atoms. The van der Waals surface area contributed by atoms with Crippen LogP contribution in [-0.2, 0) is 7.05 Å². The van der Waals surface area contributed by atoms with Crippen molar-refractivity contribution < 1.29 is 0 Å². The summed E-state index contributed by atoms with van der Waals surface area (Å²) in [5, 5.41) is 8.12. The second-order valence-electron chi connectivity index (χ2n) is 3.81. The lowest BCUT2D eigenvalue weighted by atomic mass is 10.1. The zero-order valence-corrected chi connectivity index (χ0v) is 10.9. The van der Waals surface area contributed by atoms with Gasteiger partial charge in [0.25, 0.3) is 0 Å². The van der Waals surface area contributed by atoms with Gasteiger partial charge in [0, 0.05) is 7.05 Å². The molecule has 1 aromatic heterocycles. The highest BCUT2D eigenvalue weighted by molar-refractivity contribution is 9.10. The standard InChI is InChI=1S/C10H13BrClN3/c1-15-9(10(11)13-14-15)7-4-2-3-5-8(12)6-7/h6,8H,2-5H2,1H3. The van der Waals surface area contributed by atoms with Gasteiger partial charge in [0.2, 0.25) is 0 Å². The van der Waals surface area contributed by atoms with Crippen molar-refractivity contribution in [3.05, 3.63) is 16.4 Å². The highest BCUT2D eigenvalue weighted by Gasteiger charge is 2.17. The molecule has 1 atom stereocenters. The van der Waals surface area contributed by atoms with E-state index >= 15 is 0 Å². The summed E-state index contributed by atoms with van der Waals surface area (Å²) in [6.45, 7) is 0. The number of aryl methyl sites for hydroxylation is 1. The van der Waals surface area contributed by atoms with Crippen LogP contribution in [-0.4, -0.2) is 20.4 Å². The monoisotopic (exact) mass is 289 g/mol. The Bertz CT molecular complexity index is 367. The predicted molar refractivity (Wildman–Crippen MR) is 64.8 cm³/mol. The van der Waals surface area contributed by atoms with Gasteiger partial charge in [-0.25, -0.2) is 4.68 Å². The Morgan fingerprint density at radius 2 is 2.33 bits per heavy atom. The molecule has 0 bridgehead atoms. The first-order chi connectivity index (χ1) is 7.18. The fourth-order valence-corrected chi connectivity index (χ4v) is 2.80. The average Bonchev–Trinajstić information content (AvgIpc) is 2.40. The van der Waals surface area contributed by atoms with Gasteiger partial charge in [0.1, 0.15) is 0 Å². The Morgan fingerprint density at radius 3 is 3.00 bits per heavy atom. The SMILES string of the molecule is Cn1nnc(Br)c1C1=CC(Cl)CCCC1. The van der Waals surface area contributed by atoms with E-state index in [9.17, 15) is 0 Å². The second kappa shape index (κ2) is 4.66. The van der Waals surface area contributed by atoms with Crippen molar-refractivity contribution in [2.45, 2.75) is 31.1 Å². The van der Waals surface area contributed by atoms with Crippen LogP contribution in [0, 0.1) is 0 Å². The molecule has 1 aromatic rings. The summed E-state index contributed by atoms with van der Waals surface area (Å²) in [6, 6.07) is 0. The molecule has 0 amide bonds. The van der Waals surface area contributed by atoms with Gasteiger partial charge in [0.05, 0.1) is 11.1 Å². The smallest absolute Gasteiger partial charge is 0.155 e. The number of aromatic nitrogens is 3. The van der Waals surface area contributed by atoms with E-state index in [0.717, 1.165) is 23.1 Å². The third-order valence-electron chi connectivity index (χ3n) is 2.65. The Hall–Kier alpha value is -0.350. The molecule has 1 aliphatic rings. The third-order valence-corrected chi connectivity index (χ3v) is 3.53. The predicted octanol–water partition coefficient (Wildman–Crippen LogP) is 3.14. The number of rotatable bonds is 1. The fourth-order valence-electron chi connectivity index (χ4n) is 1.91. The molecule has 0 aliphatic heterocycles. The van der Waals surface area contributed by atoms with Crippen molar-refractivity contribution in [2.75, 3.05) is 0 Å². The minimum atomic E-state index is 0.143. The maximum atomic E-state index is 6.20. The molecule has 0 radical (unpaired) electrons. The largest absolute Gasteiger partial charge is 0.247 e. The van der Waals surface area contributed by atoms with E-state index in [1.54, 1.807) is 4.68 Å². The van der Waals surface area contributed by atoms with Crippen LogP contribution in [0.5, 0.6) is 0 Å². The molecule has 5 heteroatoms. The molecule has 0 fully saturated rings. The van der Waals surface area contributed by atoms with Crippen LogP contribution in [0.1, 0.15) is 31.4 Å². The molecule has 0 saturated heterocycles. The average molecular weight is 291 g/mol. The van der Waals surface area contributed by atoms with E-state index in [1.165, 1.54) is 18.4 Å². The molecular weight excluding hydrogens is 277 g/mol. The van der Waals surface area contributed by atoms with Gasteiger partial charge in [-0.1, -0.05) is 17.7 Å². The summed E-state index contributed by atoms with van der Waals surface area (Å²) in [5.41, 5.74) is 2.31. The molecule has 0 saturated carbocycles. The van der Waals surface area contributed by atoms with Crippen molar-refractivity contribution in [1.29, 1.82) is 0 Å². The van der Waals surface area contributed by atoms with Crippen LogP contribution >= 0.6 is 27.5 Å². The van der Waals surface area contributed by atoms with E-state index in [1.807, 2.05) is 7.05 Å². The van der Waals surface area contributed by atoms with Crippen molar-refractivity contribution in [2.24, 2.45) is 7.05 Å². The molecule has 15 heavy (non-hydrogen) atoms. The van der Waals surface area contributed by atoms with Gasteiger partial charge in [-0.05, 0) is 40.8 Å². The van der Waals surface area contributed by atoms with Crippen LogP contribution in [0.15, 0.2) is 10.7 Å². The van der Waals surface area contributed by atoms with Crippen molar-refractivity contribution in [3.63, 3.8) is 0 Å². The lowest BCUT2D eigenvalue weighted by Gasteiger charge is -2.06. The Morgan fingerprint density at radius 1 is 1.53 bits per heavy atom. The number of halogens is 2. The zero-order chi connectivity index (χ0) is 10.8. The minimum absolute atomic E-state index is 0.143. The van der Waals surface area contributed by atoms with Gasteiger partial charge in [0.15, 0.2) is 4.60 Å². The summed E-state index contributed by atoms with van der Waals surface area (Å²) >= 11 is 9.62. The lowest BCUT2D eigenvalue weighted by Crippen LogP contribution is -1.99. The number of allylic oxidation sites excluding steroid dienone is 2. The topological polar surface area (TPSA) is 30.7 Å². The molecule has 1 heterocycles. The van der Waals surface area contributed by atoms with Crippen molar-refractivity contribution in [1.82, 2.24) is 15.0 Å². The number of alkyl halides is 1. The van der Waals surface area contributed by atoms with Crippen molar-refractivity contribution >= 4 is 33.1 Å². The van der Waals surface area contributed by atoms with Crippen LogP contribution in [0.25, 0.3) is 5.57 Å². The second-order valence-corrected chi connectivity index (χ2v) is 5.12. The van der Waals surface area contributed by atoms with Gasteiger partial charge < -0.3 is 0 Å². The molecular formula is C10H13BrClN3. The fraction of sp³-hybridized carbons (Fsp3) is 0.600. The Labute approximate surface area is 103 Å². The Balaban J connectivity index is 2.36. The van der Waals surface area contributed by atoms with E-state index in [4.69, 9.17) is 11.6 Å². The van der Waals surface area contributed by atoms with E-state index in [0.29, 0.717) is 0 Å². The molecule has 0 aromatic carbocycles. The zero-order valence-electron chi connectivity index (χ0n) is 8.58. The molecule has 0 N–H and O–H groups in total. The van der Waals surface area contributed by atoms with Gasteiger partial charge >= 0.3 is 0 Å². The molecule has 82 valence electrons. The third kappa shape index (κ3) is 2.42. The summed E-state index contributed by atoms with van der Waals surface area (Å²) in [7, 11) is 1.90. The van der Waals surface area contributed by atoms with E-state index < -0.39 is 0 Å².